The van der Waals surface area contributed by atoms with Gasteiger partial charge in [-0.2, -0.15) is 0 Å². The van der Waals surface area contributed by atoms with Crippen molar-refractivity contribution >= 4 is 5.91 Å². The zero-order valence-electron chi connectivity index (χ0n) is 12.9. The van der Waals surface area contributed by atoms with E-state index in [0.717, 1.165) is 16.7 Å². The summed E-state index contributed by atoms with van der Waals surface area (Å²) in [6.45, 7) is 0.467. The Balaban J connectivity index is 1.62. The summed E-state index contributed by atoms with van der Waals surface area (Å²) in [5.74, 6) is -0.586. The van der Waals surface area contributed by atoms with Gasteiger partial charge in [0.15, 0.2) is 0 Å². The maximum absolute atomic E-state index is 12.1. The van der Waals surface area contributed by atoms with Gasteiger partial charge in [0.2, 0.25) is 11.9 Å². The molecule has 0 radical (unpaired) electrons. The number of rotatable bonds is 5. The molecule has 5 heteroatoms. The Hall–Kier alpha value is -2.69. The van der Waals surface area contributed by atoms with Crippen LogP contribution >= 0.6 is 0 Å². The normalized spacial score (nSPS) is 19.2. The summed E-state index contributed by atoms with van der Waals surface area (Å²) in [5, 5.41) is 10.7. The van der Waals surface area contributed by atoms with Gasteiger partial charge in [-0.1, -0.05) is 54.6 Å². The Labute approximate surface area is 134 Å². The molecular weight excluding hydrogens is 292 g/mol. The van der Waals surface area contributed by atoms with Crippen molar-refractivity contribution < 1.29 is 9.72 Å². The van der Waals surface area contributed by atoms with Crippen LogP contribution in [0.25, 0.3) is 11.1 Å². The van der Waals surface area contributed by atoms with Crippen molar-refractivity contribution in [1.29, 1.82) is 0 Å². The Morgan fingerprint density at radius 3 is 2.30 bits per heavy atom. The van der Waals surface area contributed by atoms with Crippen molar-refractivity contribution in [2.45, 2.75) is 19.0 Å². The van der Waals surface area contributed by atoms with E-state index in [-0.39, 0.29) is 10.8 Å². The van der Waals surface area contributed by atoms with Crippen LogP contribution in [0, 0.1) is 16.0 Å². The highest BCUT2D eigenvalue weighted by Crippen LogP contribution is 2.34. The number of carbonyl (C=O) groups is 1. The lowest BCUT2D eigenvalue weighted by Crippen LogP contribution is -2.29. The van der Waals surface area contributed by atoms with E-state index in [2.05, 4.69) is 12.1 Å². The lowest BCUT2D eigenvalue weighted by Gasteiger charge is -2.17. The van der Waals surface area contributed by atoms with Crippen molar-refractivity contribution in [2.24, 2.45) is 5.92 Å². The average Bonchev–Trinajstić information content (AvgIpc) is 3.36. The van der Waals surface area contributed by atoms with Crippen LogP contribution in [-0.4, -0.2) is 28.8 Å². The third-order valence-corrected chi connectivity index (χ3v) is 4.20. The van der Waals surface area contributed by atoms with Crippen LogP contribution < -0.4 is 0 Å². The third-order valence-electron chi connectivity index (χ3n) is 4.20. The number of nitrogens with zero attached hydrogens (tertiary/aromatic N) is 2. The fourth-order valence-electron chi connectivity index (χ4n) is 2.75. The second-order valence-corrected chi connectivity index (χ2v) is 5.95. The number of amides is 1. The molecule has 0 saturated heterocycles. The summed E-state index contributed by atoms with van der Waals surface area (Å²) >= 11 is 0. The second kappa shape index (κ2) is 6.20. The second-order valence-electron chi connectivity index (χ2n) is 5.95. The first kappa shape index (κ1) is 15.2. The summed E-state index contributed by atoms with van der Waals surface area (Å²) < 4.78 is 0. The van der Waals surface area contributed by atoms with E-state index < -0.39 is 12.0 Å². The molecule has 0 bridgehead atoms. The van der Waals surface area contributed by atoms with E-state index in [4.69, 9.17) is 0 Å². The quantitative estimate of drug-likeness (QED) is 0.630. The van der Waals surface area contributed by atoms with Gasteiger partial charge in [-0.25, -0.2) is 0 Å². The molecule has 0 N–H and O–H groups in total. The number of carbonyl (C=O) groups excluding carboxylic acids is 1. The van der Waals surface area contributed by atoms with E-state index in [1.54, 1.807) is 11.9 Å². The van der Waals surface area contributed by atoms with Gasteiger partial charge in [0.25, 0.3) is 0 Å². The fourth-order valence-corrected chi connectivity index (χ4v) is 2.75. The standard InChI is InChI=1S/C18H18N2O3/c1-19(18(21)16-11-17(16)20(22)23)12-13-7-9-15(10-8-13)14-5-3-2-4-6-14/h2-10,16-17H,11-12H2,1H3/t16-,17-/m1/s1. The molecule has 0 spiro atoms. The number of nitro groups is 1. The lowest BCUT2D eigenvalue weighted by molar-refractivity contribution is -0.497. The van der Waals surface area contributed by atoms with Crippen LogP contribution in [0.2, 0.25) is 0 Å². The molecule has 1 aliphatic carbocycles. The molecule has 3 rings (SSSR count). The summed E-state index contributed by atoms with van der Waals surface area (Å²) in [7, 11) is 1.70. The van der Waals surface area contributed by atoms with Crippen molar-refractivity contribution in [3.63, 3.8) is 0 Å². The first-order valence-electron chi connectivity index (χ1n) is 7.59. The monoisotopic (exact) mass is 310 g/mol. The SMILES string of the molecule is CN(Cc1ccc(-c2ccccc2)cc1)C(=O)[C@@H]1C[C@H]1[N+](=O)[O-]. The lowest BCUT2D eigenvalue weighted by atomic mass is 10.0. The summed E-state index contributed by atoms with van der Waals surface area (Å²) in [6.07, 6.45) is 0.364. The highest BCUT2D eigenvalue weighted by molar-refractivity contribution is 5.81. The molecule has 0 aliphatic heterocycles. The van der Waals surface area contributed by atoms with Gasteiger partial charge >= 0.3 is 0 Å². The van der Waals surface area contributed by atoms with Crippen LogP contribution in [0.15, 0.2) is 54.6 Å². The van der Waals surface area contributed by atoms with E-state index in [1.807, 2.05) is 42.5 Å². The predicted octanol–water partition coefficient (Wildman–Crippen LogP) is 2.98. The van der Waals surface area contributed by atoms with Crippen LogP contribution in [-0.2, 0) is 11.3 Å². The van der Waals surface area contributed by atoms with Crippen LogP contribution in [0.1, 0.15) is 12.0 Å². The Kier molecular flexibility index (Phi) is 4.10. The molecule has 1 fully saturated rings. The van der Waals surface area contributed by atoms with E-state index >= 15 is 0 Å². The maximum atomic E-state index is 12.1. The van der Waals surface area contributed by atoms with Crippen molar-refractivity contribution in [1.82, 2.24) is 4.90 Å². The van der Waals surface area contributed by atoms with Crippen LogP contribution in [0.3, 0.4) is 0 Å². The van der Waals surface area contributed by atoms with E-state index in [0.29, 0.717) is 13.0 Å². The minimum atomic E-state index is -0.689. The first-order chi connectivity index (χ1) is 11.1. The first-order valence-corrected chi connectivity index (χ1v) is 7.59. The van der Waals surface area contributed by atoms with Crippen molar-refractivity contribution in [3.05, 3.63) is 70.3 Å². The molecule has 2 aromatic rings. The Morgan fingerprint density at radius 2 is 1.74 bits per heavy atom. The molecule has 2 atom stereocenters. The highest BCUT2D eigenvalue weighted by Gasteiger charge is 2.54. The predicted molar refractivity (Wildman–Crippen MR) is 87.2 cm³/mol. The molecule has 1 amide bonds. The highest BCUT2D eigenvalue weighted by atomic mass is 16.6. The summed E-state index contributed by atoms with van der Waals surface area (Å²) in [5.41, 5.74) is 3.29. The van der Waals surface area contributed by atoms with Gasteiger partial charge in [-0.15, -0.1) is 0 Å². The largest absolute Gasteiger partial charge is 0.341 e. The molecule has 1 saturated carbocycles. The molecule has 118 valence electrons. The minimum absolute atomic E-state index is 0.140. The molecule has 0 aromatic heterocycles. The molecule has 2 aromatic carbocycles. The molecule has 0 heterocycles. The van der Waals surface area contributed by atoms with Crippen molar-refractivity contribution in [2.75, 3.05) is 7.05 Å². The third kappa shape index (κ3) is 3.39. The molecule has 23 heavy (non-hydrogen) atoms. The van der Waals surface area contributed by atoms with Crippen molar-refractivity contribution in [3.8, 4) is 11.1 Å². The fraction of sp³-hybridized carbons (Fsp3) is 0.278. The van der Waals surface area contributed by atoms with Gasteiger partial charge in [-0.3, -0.25) is 14.9 Å². The van der Waals surface area contributed by atoms with Gasteiger partial charge in [0, 0.05) is 24.9 Å². The Morgan fingerprint density at radius 1 is 1.13 bits per heavy atom. The van der Waals surface area contributed by atoms with Crippen LogP contribution in [0.5, 0.6) is 0 Å². The molecule has 1 aliphatic rings. The topological polar surface area (TPSA) is 63.5 Å². The van der Waals surface area contributed by atoms with E-state index in [1.165, 1.54) is 0 Å². The average molecular weight is 310 g/mol. The number of benzene rings is 2. The minimum Gasteiger partial charge on any atom is -0.341 e. The molecular formula is C18H18N2O3. The van der Waals surface area contributed by atoms with Gasteiger partial charge in [-0.05, 0) is 16.7 Å². The zero-order chi connectivity index (χ0) is 16.4. The van der Waals surface area contributed by atoms with Crippen LogP contribution in [0.4, 0.5) is 0 Å². The van der Waals surface area contributed by atoms with Gasteiger partial charge in [0.1, 0.15) is 5.92 Å². The zero-order valence-corrected chi connectivity index (χ0v) is 12.9. The number of hydrogen-bond donors (Lipinski definition) is 0. The van der Waals surface area contributed by atoms with Gasteiger partial charge < -0.3 is 4.90 Å². The van der Waals surface area contributed by atoms with Gasteiger partial charge in [0.05, 0.1) is 0 Å². The summed E-state index contributed by atoms with van der Waals surface area (Å²) in [6, 6.07) is 17.4. The Bertz CT molecular complexity index is 713. The van der Waals surface area contributed by atoms with E-state index in [9.17, 15) is 14.9 Å². The summed E-state index contributed by atoms with van der Waals surface area (Å²) in [4.78, 5) is 24.0. The molecule has 5 nitrogen and oxygen atoms in total. The molecule has 0 unspecified atom stereocenters. The smallest absolute Gasteiger partial charge is 0.232 e. The maximum Gasteiger partial charge on any atom is 0.232 e. The number of hydrogen-bond acceptors (Lipinski definition) is 3.